The molecule has 1 aliphatic rings. The fourth-order valence-corrected chi connectivity index (χ4v) is 4.55. The zero-order valence-electron chi connectivity index (χ0n) is 17.7. The average molecular weight is 442 g/mol. The number of hydrogen-bond acceptors (Lipinski definition) is 6. The Kier molecular flexibility index (Phi) is 5.56. The number of aryl methyl sites for hydroxylation is 3. The molecule has 1 aliphatic carbocycles. The second-order valence-corrected chi connectivity index (χ2v) is 8.76. The average Bonchev–Trinajstić information content (AvgIpc) is 3.53. The molecule has 3 heterocycles. The number of anilines is 1. The number of fused-ring (bicyclic) bond motifs is 2. The van der Waals surface area contributed by atoms with E-state index in [4.69, 9.17) is 10.5 Å². The van der Waals surface area contributed by atoms with Crippen LogP contribution >= 0.6 is 11.3 Å². The van der Waals surface area contributed by atoms with Crippen LogP contribution in [0.2, 0.25) is 0 Å². The summed E-state index contributed by atoms with van der Waals surface area (Å²) in [6, 6.07) is 18.1. The lowest BCUT2D eigenvalue weighted by molar-refractivity contribution is 0.483. The number of pyridine rings is 1. The van der Waals surface area contributed by atoms with Crippen LogP contribution in [-0.2, 0) is 12.8 Å². The number of aromatic amines is 1. The van der Waals surface area contributed by atoms with Gasteiger partial charge in [-0.15, -0.1) is 0 Å². The van der Waals surface area contributed by atoms with Gasteiger partial charge >= 0.3 is 0 Å². The number of nitrogens with one attached hydrogen (secondary N) is 1. The molecule has 0 unspecified atom stereocenters. The summed E-state index contributed by atoms with van der Waals surface area (Å²) in [7, 11) is 0. The summed E-state index contributed by atoms with van der Waals surface area (Å²) >= 11 is 1.44. The minimum absolute atomic E-state index is 0.552. The third-order valence-electron chi connectivity index (χ3n) is 5.30. The molecule has 2 aromatic carbocycles. The summed E-state index contributed by atoms with van der Waals surface area (Å²) in [5, 5.41) is 0.552. The maximum Gasteiger partial charge on any atom is 0.181 e. The van der Waals surface area contributed by atoms with Gasteiger partial charge in [-0.25, -0.2) is 9.97 Å². The van der Waals surface area contributed by atoms with Gasteiger partial charge in [0.05, 0.1) is 10.2 Å². The van der Waals surface area contributed by atoms with Crippen molar-refractivity contribution in [3.05, 3.63) is 83.8 Å². The Morgan fingerprint density at radius 1 is 0.969 bits per heavy atom. The van der Waals surface area contributed by atoms with Gasteiger partial charge in [0.2, 0.25) is 0 Å². The predicted octanol–water partition coefficient (Wildman–Crippen LogP) is 5.94. The van der Waals surface area contributed by atoms with Gasteiger partial charge in [-0.2, -0.15) is 0 Å². The minimum atomic E-state index is 0.552. The third-order valence-corrected chi connectivity index (χ3v) is 6.15. The van der Waals surface area contributed by atoms with Crippen LogP contribution in [0.25, 0.3) is 21.7 Å². The molecule has 0 saturated carbocycles. The maximum absolute atomic E-state index is 5.92. The summed E-state index contributed by atoms with van der Waals surface area (Å²) in [4.78, 5) is 16.0. The molecule has 6 rings (SSSR count). The number of nitrogen functional groups attached to an aromatic ring is 1. The van der Waals surface area contributed by atoms with Crippen LogP contribution in [0.1, 0.15) is 23.2 Å². The Labute approximate surface area is 190 Å². The van der Waals surface area contributed by atoms with Gasteiger partial charge in [0, 0.05) is 30.2 Å². The van der Waals surface area contributed by atoms with Gasteiger partial charge < -0.3 is 15.5 Å². The van der Waals surface area contributed by atoms with Crippen molar-refractivity contribution in [2.45, 2.75) is 26.2 Å². The molecule has 0 bridgehead atoms. The predicted molar refractivity (Wildman–Crippen MR) is 129 cm³/mol. The van der Waals surface area contributed by atoms with Crippen molar-refractivity contribution in [2.24, 2.45) is 0 Å². The fourth-order valence-electron chi connectivity index (χ4n) is 3.78. The number of nitrogens with two attached hydrogens (primary N) is 1. The van der Waals surface area contributed by atoms with Gasteiger partial charge in [-0.05, 0) is 55.5 Å². The molecule has 0 atom stereocenters. The van der Waals surface area contributed by atoms with E-state index in [-0.39, 0.29) is 0 Å². The summed E-state index contributed by atoms with van der Waals surface area (Å²) in [6.07, 6.45) is 7.43. The van der Waals surface area contributed by atoms with Gasteiger partial charge in [0.25, 0.3) is 0 Å². The highest BCUT2D eigenvalue weighted by molar-refractivity contribution is 7.22. The Hall–Kier alpha value is -3.71. The largest absolute Gasteiger partial charge is 0.457 e. The molecule has 160 valence electrons. The first-order valence-corrected chi connectivity index (χ1v) is 11.3. The highest BCUT2D eigenvalue weighted by Gasteiger charge is 2.08. The molecule has 32 heavy (non-hydrogen) atoms. The zero-order chi connectivity index (χ0) is 21.9. The lowest BCUT2D eigenvalue weighted by Crippen LogP contribution is -1.89. The monoisotopic (exact) mass is 441 g/mol. The first kappa shape index (κ1) is 20.2. The van der Waals surface area contributed by atoms with Crippen LogP contribution < -0.4 is 10.5 Å². The Morgan fingerprint density at radius 3 is 2.50 bits per heavy atom. The standard InChI is InChI=1S/C16H13N5OS.C9H10/c1-9-8-19-15(20-9)13-6-11(4-5-18-13)22-10-2-3-12-14(7-10)23-16(17)21-12;1-2-5-9-7-3-6-8(9)4-1/h2-8H,1H3,(H2,17,21)(H,19,20);1-2,4-5H,3,6-7H2. The lowest BCUT2D eigenvalue weighted by Gasteiger charge is -2.06. The summed E-state index contributed by atoms with van der Waals surface area (Å²) in [5.41, 5.74) is 11.5. The molecule has 0 saturated heterocycles. The Bertz CT molecular complexity index is 1350. The van der Waals surface area contributed by atoms with Crippen LogP contribution in [0.4, 0.5) is 5.13 Å². The van der Waals surface area contributed by atoms with E-state index >= 15 is 0 Å². The van der Waals surface area contributed by atoms with Crippen molar-refractivity contribution in [1.82, 2.24) is 19.9 Å². The number of hydrogen-bond donors (Lipinski definition) is 2. The topological polar surface area (TPSA) is 89.7 Å². The Balaban J connectivity index is 0.000000199. The van der Waals surface area contributed by atoms with Crippen LogP contribution in [-0.4, -0.2) is 19.9 Å². The minimum Gasteiger partial charge on any atom is -0.457 e. The molecular formula is C25H23N5OS. The maximum atomic E-state index is 5.92. The number of thiazole rings is 1. The normalized spacial score (nSPS) is 12.3. The second-order valence-electron chi connectivity index (χ2n) is 7.70. The highest BCUT2D eigenvalue weighted by atomic mass is 32.1. The quantitative estimate of drug-likeness (QED) is 0.362. The fraction of sp³-hybridized carbons (Fsp3) is 0.160. The van der Waals surface area contributed by atoms with E-state index in [1.807, 2.05) is 37.3 Å². The van der Waals surface area contributed by atoms with E-state index in [1.54, 1.807) is 23.5 Å². The number of ether oxygens (including phenoxy) is 1. The summed E-state index contributed by atoms with van der Waals surface area (Å²) < 4.78 is 6.92. The van der Waals surface area contributed by atoms with Crippen LogP contribution in [0, 0.1) is 6.92 Å². The number of H-pyrrole nitrogens is 1. The van der Waals surface area contributed by atoms with E-state index in [0.29, 0.717) is 10.9 Å². The highest BCUT2D eigenvalue weighted by Crippen LogP contribution is 2.30. The number of nitrogens with zero attached hydrogens (tertiary/aromatic N) is 3. The number of rotatable bonds is 3. The molecule has 3 aromatic heterocycles. The number of imidazole rings is 1. The molecule has 0 radical (unpaired) electrons. The van der Waals surface area contributed by atoms with Gasteiger partial charge in [-0.3, -0.25) is 4.98 Å². The van der Waals surface area contributed by atoms with Gasteiger partial charge in [0.15, 0.2) is 11.0 Å². The SMILES string of the molecule is Cc1cnc(-c2cc(Oc3ccc4nc(N)sc4c3)ccn2)[nH]1.c1ccc2c(c1)CCC2. The zero-order valence-corrected chi connectivity index (χ0v) is 18.5. The van der Waals surface area contributed by atoms with Gasteiger partial charge in [-0.1, -0.05) is 35.6 Å². The van der Waals surface area contributed by atoms with Crippen LogP contribution in [0.5, 0.6) is 11.5 Å². The number of aromatic nitrogens is 4. The van der Waals surface area contributed by atoms with E-state index in [1.165, 1.54) is 30.6 Å². The van der Waals surface area contributed by atoms with Crippen molar-refractivity contribution < 1.29 is 4.74 Å². The summed E-state index contributed by atoms with van der Waals surface area (Å²) in [6.45, 7) is 1.95. The van der Waals surface area contributed by atoms with Crippen molar-refractivity contribution in [2.75, 3.05) is 5.73 Å². The first-order valence-electron chi connectivity index (χ1n) is 10.5. The molecule has 6 nitrogen and oxygen atoms in total. The lowest BCUT2D eigenvalue weighted by atomic mass is 10.1. The van der Waals surface area contributed by atoms with Crippen molar-refractivity contribution in [1.29, 1.82) is 0 Å². The molecule has 0 spiro atoms. The summed E-state index contributed by atoms with van der Waals surface area (Å²) in [5.74, 6) is 2.15. The molecule has 3 N–H and O–H groups in total. The van der Waals surface area contributed by atoms with Gasteiger partial charge in [0.1, 0.15) is 17.2 Å². The van der Waals surface area contributed by atoms with Crippen molar-refractivity contribution in [3.8, 4) is 23.0 Å². The second kappa shape index (κ2) is 8.80. The number of benzene rings is 2. The molecule has 0 amide bonds. The molecule has 5 aromatic rings. The molecule has 7 heteroatoms. The van der Waals surface area contributed by atoms with E-state index in [9.17, 15) is 0 Å². The molecular weight excluding hydrogens is 418 g/mol. The van der Waals surface area contributed by atoms with Crippen LogP contribution in [0.15, 0.2) is 67.0 Å². The van der Waals surface area contributed by atoms with E-state index in [2.05, 4.69) is 44.2 Å². The van der Waals surface area contributed by atoms with Crippen molar-refractivity contribution >= 4 is 26.7 Å². The van der Waals surface area contributed by atoms with Crippen LogP contribution in [0.3, 0.4) is 0 Å². The van der Waals surface area contributed by atoms with E-state index in [0.717, 1.165) is 33.2 Å². The third kappa shape index (κ3) is 4.48. The van der Waals surface area contributed by atoms with E-state index < -0.39 is 0 Å². The smallest absolute Gasteiger partial charge is 0.181 e. The first-order chi connectivity index (χ1) is 15.6. The molecule has 0 fully saturated rings. The Morgan fingerprint density at radius 2 is 1.75 bits per heavy atom. The molecule has 0 aliphatic heterocycles. The van der Waals surface area contributed by atoms with Crippen molar-refractivity contribution in [3.63, 3.8) is 0 Å².